The second kappa shape index (κ2) is 5.08. The van der Waals surface area contributed by atoms with E-state index >= 15 is 0 Å². The molecule has 126 valence electrons. The Balaban J connectivity index is 1.36. The summed E-state index contributed by atoms with van der Waals surface area (Å²) in [5, 5.41) is 3.25. The highest BCUT2D eigenvalue weighted by atomic mass is 16.2. The van der Waals surface area contributed by atoms with Crippen molar-refractivity contribution in [2.45, 2.75) is 52.0 Å². The van der Waals surface area contributed by atoms with Crippen LogP contribution in [0, 0.1) is 30.1 Å². The number of nitrogens with one attached hydrogen (secondary N) is 1. The fraction of sp³-hybridized carbons (Fsp3) is 0.600. The summed E-state index contributed by atoms with van der Waals surface area (Å²) < 4.78 is 2.09. The van der Waals surface area contributed by atoms with Crippen molar-refractivity contribution in [2.24, 2.45) is 23.2 Å². The van der Waals surface area contributed by atoms with E-state index in [1.165, 1.54) is 19.3 Å². The van der Waals surface area contributed by atoms with Crippen LogP contribution in [-0.4, -0.2) is 15.3 Å². The van der Waals surface area contributed by atoms with Gasteiger partial charge in [-0.05, 0) is 75.3 Å². The van der Waals surface area contributed by atoms with Gasteiger partial charge in [-0.15, -0.1) is 0 Å². The monoisotopic (exact) mass is 323 g/mol. The number of amides is 1. The molecule has 2 aromatic heterocycles. The molecule has 0 radical (unpaired) electrons. The van der Waals surface area contributed by atoms with Crippen LogP contribution in [0.3, 0.4) is 0 Å². The lowest BCUT2D eigenvalue weighted by Gasteiger charge is -2.55. The lowest BCUT2D eigenvalue weighted by atomic mass is 9.49. The van der Waals surface area contributed by atoms with E-state index in [-0.39, 0.29) is 11.3 Å². The number of hydrogen-bond donors (Lipinski definition) is 1. The molecule has 4 aliphatic carbocycles. The maximum absolute atomic E-state index is 13.1. The number of carbonyl (C=O) groups is 1. The van der Waals surface area contributed by atoms with Crippen molar-refractivity contribution in [3.63, 3.8) is 0 Å². The Hall–Kier alpha value is -1.84. The van der Waals surface area contributed by atoms with Gasteiger partial charge in [-0.25, -0.2) is 4.98 Å². The molecule has 24 heavy (non-hydrogen) atoms. The van der Waals surface area contributed by atoms with Gasteiger partial charge in [0, 0.05) is 11.6 Å². The zero-order chi connectivity index (χ0) is 16.3. The molecule has 1 N–H and O–H groups in total. The number of nitrogens with zero attached hydrogens (tertiary/aromatic N) is 2. The fourth-order valence-corrected chi connectivity index (χ4v) is 6.14. The Morgan fingerprint density at radius 2 is 1.88 bits per heavy atom. The minimum atomic E-state index is -0.0701. The summed E-state index contributed by atoms with van der Waals surface area (Å²) in [4.78, 5) is 17.7. The number of aromatic nitrogens is 2. The molecule has 6 rings (SSSR count). The Morgan fingerprint density at radius 3 is 2.54 bits per heavy atom. The van der Waals surface area contributed by atoms with Gasteiger partial charge >= 0.3 is 0 Å². The average Bonchev–Trinajstić information content (AvgIpc) is 2.88. The minimum absolute atomic E-state index is 0.0701. The smallest absolute Gasteiger partial charge is 0.226 e. The van der Waals surface area contributed by atoms with Crippen LogP contribution in [0.5, 0.6) is 0 Å². The summed E-state index contributed by atoms with van der Waals surface area (Å²) in [5.74, 6) is 3.68. The van der Waals surface area contributed by atoms with Gasteiger partial charge < -0.3 is 9.72 Å². The van der Waals surface area contributed by atoms with Crippen molar-refractivity contribution in [3.05, 3.63) is 35.9 Å². The van der Waals surface area contributed by atoms with E-state index in [4.69, 9.17) is 0 Å². The number of carbonyl (C=O) groups excluding carboxylic acids is 1. The lowest BCUT2D eigenvalue weighted by molar-refractivity contribution is -0.146. The molecule has 4 saturated carbocycles. The van der Waals surface area contributed by atoms with Gasteiger partial charge in [-0.3, -0.25) is 4.79 Å². The lowest BCUT2D eigenvalue weighted by Crippen LogP contribution is -2.53. The van der Waals surface area contributed by atoms with Crippen molar-refractivity contribution >= 4 is 11.4 Å². The van der Waals surface area contributed by atoms with Crippen molar-refractivity contribution in [2.75, 3.05) is 0 Å². The summed E-state index contributed by atoms with van der Waals surface area (Å²) in [5.41, 5.74) is 2.01. The normalized spacial score (nSPS) is 34.0. The third kappa shape index (κ3) is 2.11. The van der Waals surface area contributed by atoms with Crippen LogP contribution in [0.2, 0.25) is 0 Å². The number of aryl methyl sites for hydroxylation is 1. The van der Waals surface area contributed by atoms with E-state index < -0.39 is 0 Å². The predicted molar refractivity (Wildman–Crippen MR) is 92.4 cm³/mol. The largest absolute Gasteiger partial charge is 0.350 e. The number of hydrogen-bond acceptors (Lipinski definition) is 2. The van der Waals surface area contributed by atoms with E-state index in [1.54, 1.807) is 0 Å². The summed E-state index contributed by atoms with van der Waals surface area (Å²) >= 11 is 0. The van der Waals surface area contributed by atoms with Gasteiger partial charge in [0.2, 0.25) is 5.91 Å². The van der Waals surface area contributed by atoms with Crippen LogP contribution < -0.4 is 5.32 Å². The standard InChI is InChI=1S/C20H25N3O/c1-13-22-17(18-4-2-3-5-23(13)18)12-21-19(24)20-9-14-6-15(10-20)8-16(7-14)11-20/h2-5,14-16H,6-12H2,1H3,(H,21,24). The second-order valence-electron chi connectivity index (χ2n) is 8.44. The van der Waals surface area contributed by atoms with E-state index in [9.17, 15) is 4.79 Å². The van der Waals surface area contributed by atoms with Crippen LogP contribution in [0.4, 0.5) is 0 Å². The first-order valence-corrected chi connectivity index (χ1v) is 9.34. The molecule has 4 heteroatoms. The molecule has 0 aromatic carbocycles. The topological polar surface area (TPSA) is 46.4 Å². The second-order valence-corrected chi connectivity index (χ2v) is 8.44. The molecule has 4 bridgehead atoms. The highest BCUT2D eigenvalue weighted by molar-refractivity contribution is 5.83. The van der Waals surface area contributed by atoms with Gasteiger partial charge in [-0.2, -0.15) is 0 Å². The first-order valence-electron chi connectivity index (χ1n) is 9.34. The zero-order valence-electron chi connectivity index (χ0n) is 14.3. The first kappa shape index (κ1) is 14.5. The van der Waals surface area contributed by atoms with E-state index in [0.717, 1.165) is 54.1 Å². The summed E-state index contributed by atoms with van der Waals surface area (Å²) in [7, 11) is 0. The van der Waals surface area contributed by atoms with Crippen LogP contribution in [0.15, 0.2) is 24.4 Å². The minimum Gasteiger partial charge on any atom is -0.350 e. The molecule has 0 saturated heterocycles. The van der Waals surface area contributed by atoms with Crippen molar-refractivity contribution in [1.82, 2.24) is 14.7 Å². The zero-order valence-corrected chi connectivity index (χ0v) is 14.3. The van der Waals surface area contributed by atoms with Crippen LogP contribution in [-0.2, 0) is 11.3 Å². The molecule has 2 heterocycles. The third-order valence-electron chi connectivity index (χ3n) is 6.74. The summed E-state index contributed by atoms with van der Waals surface area (Å²) in [6.45, 7) is 2.55. The molecular formula is C20H25N3O. The molecule has 2 aromatic rings. The van der Waals surface area contributed by atoms with Crippen LogP contribution >= 0.6 is 0 Å². The van der Waals surface area contributed by atoms with Gasteiger partial charge in [-0.1, -0.05) is 6.07 Å². The summed E-state index contributed by atoms with van der Waals surface area (Å²) in [6, 6.07) is 6.12. The quantitative estimate of drug-likeness (QED) is 0.940. The molecule has 4 nitrogen and oxygen atoms in total. The Labute approximate surface area is 142 Å². The predicted octanol–water partition coefficient (Wildman–Crippen LogP) is 3.48. The maximum atomic E-state index is 13.1. The highest BCUT2D eigenvalue weighted by Gasteiger charge is 2.54. The molecule has 0 spiro atoms. The van der Waals surface area contributed by atoms with Crippen molar-refractivity contribution < 1.29 is 4.79 Å². The summed E-state index contributed by atoms with van der Waals surface area (Å²) in [6.07, 6.45) is 9.50. The number of rotatable bonds is 3. The molecular weight excluding hydrogens is 298 g/mol. The van der Waals surface area contributed by atoms with Crippen molar-refractivity contribution in [3.8, 4) is 0 Å². The maximum Gasteiger partial charge on any atom is 0.226 e. The highest BCUT2D eigenvalue weighted by Crippen LogP contribution is 2.60. The Bertz CT molecular complexity index is 771. The van der Waals surface area contributed by atoms with Crippen LogP contribution in [0.25, 0.3) is 5.52 Å². The van der Waals surface area contributed by atoms with Gasteiger partial charge in [0.1, 0.15) is 5.82 Å². The SMILES string of the molecule is Cc1nc(CNC(=O)C23CC4CC(CC(C4)C2)C3)c2ccccn12. The molecule has 4 fully saturated rings. The molecule has 0 aliphatic heterocycles. The number of fused-ring (bicyclic) bond motifs is 1. The molecule has 0 atom stereocenters. The number of imidazole rings is 1. The van der Waals surface area contributed by atoms with E-state index in [0.29, 0.717) is 6.54 Å². The van der Waals surface area contributed by atoms with Gasteiger partial charge in [0.15, 0.2) is 0 Å². The number of pyridine rings is 1. The van der Waals surface area contributed by atoms with E-state index in [1.807, 2.05) is 25.3 Å². The molecule has 4 aliphatic rings. The molecule has 0 unspecified atom stereocenters. The van der Waals surface area contributed by atoms with Gasteiger partial charge in [0.25, 0.3) is 0 Å². The Morgan fingerprint density at radius 1 is 1.21 bits per heavy atom. The Kier molecular flexibility index (Phi) is 3.07. The van der Waals surface area contributed by atoms with Crippen LogP contribution in [0.1, 0.15) is 50.0 Å². The average molecular weight is 323 g/mol. The van der Waals surface area contributed by atoms with Crippen molar-refractivity contribution in [1.29, 1.82) is 0 Å². The van der Waals surface area contributed by atoms with E-state index in [2.05, 4.69) is 20.8 Å². The third-order valence-corrected chi connectivity index (χ3v) is 6.74. The van der Waals surface area contributed by atoms with Gasteiger partial charge in [0.05, 0.1) is 17.8 Å². The molecule has 1 amide bonds. The first-order chi connectivity index (χ1) is 11.6. The fourth-order valence-electron chi connectivity index (χ4n) is 6.14.